The molecular weight excluding hydrogens is 318 g/mol. The average Bonchev–Trinajstić information content (AvgIpc) is 3.09. The number of esters is 1. The van der Waals surface area contributed by atoms with Crippen molar-refractivity contribution < 1.29 is 19.4 Å². The third-order valence-electron chi connectivity index (χ3n) is 4.39. The highest BCUT2D eigenvalue weighted by Gasteiger charge is 2.20. The molecule has 0 bridgehead atoms. The molecule has 0 aromatic heterocycles. The summed E-state index contributed by atoms with van der Waals surface area (Å²) in [7, 11) is 0. The second-order valence-electron chi connectivity index (χ2n) is 6.23. The standard InChI is InChI=1S/C20H21NO4/c1-13(25-20(24)16-7-5-14(12-22)6-8-16)19(23)21-18-10-9-15-3-2-4-17(15)11-18/h5-11,13,22H,2-4,12H2,1H3,(H,21,23)/t13-/m1/s1. The van der Waals surface area contributed by atoms with Crippen molar-refractivity contribution in [3.05, 3.63) is 64.7 Å². The second kappa shape index (κ2) is 7.49. The minimum atomic E-state index is -0.904. The maximum absolute atomic E-state index is 12.3. The SMILES string of the molecule is C[C@@H](OC(=O)c1ccc(CO)cc1)C(=O)Nc1ccc2c(c1)CCC2. The Morgan fingerprint density at radius 1 is 1.12 bits per heavy atom. The normalized spacial score (nSPS) is 13.8. The Balaban J connectivity index is 1.59. The van der Waals surface area contributed by atoms with Crippen LogP contribution in [0.25, 0.3) is 0 Å². The molecule has 2 aromatic rings. The number of aryl methyl sites for hydroxylation is 2. The number of amides is 1. The van der Waals surface area contributed by atoms with Gasteiger partial charge in [-0.2, -0.15) is 0 Å². The van der Waals surface area contributed by atoms with E-state index in [9.17, 15) is 9.59 Å². The third-order valence-corrected chi connectivity index (χ3v) is 4.39. The Bertz CT molecular complexity index is 783. The van der Waals surface area contributed by atoms with Gasteiger partial charge in [0.2, 0.25) is 0 Å². The number of anilines is 1. The number of carbonyl (C=O) groups excluding carboxylic acids is 2. The first-order valence-electron chi connectivity index (χ1n) is 8.40. The van der Waals surface area contributed by atoms with Crippen molar-refractivity contribution in [2.24, 2.45) is 0 Å². The smallest absolute Gasteiger partial charge is 0.338 e. The molecule has 0 aliphatic heterocycles. The van der Waals surface area contributed by atoms with Gasteiger partial charge in [0.15, 0.2) is 6.10 Å². The summed E-state index contributed by atoms with van der Waals surface area (Å²) in [5.74, 6) is -0.931. The molecular formula is C20H21NO4. The largest absolute Gasteiger partial charge is 0.449 e. The number of hydrogen-bond acceptors (Lipinski definition) is 4. The van der Waals surface area contributed by atoms with Crippen LogP contribution in [0, 0.1) is 0 Å². The van der Waals surface area contributed by atoms with Crippen LogP contribution in [-0.4, -0.2) is 23.1 Å². The average molecular weight is 339 g/mol. The number of benzene rings is 2. The third kappa shape index (κ3) is 4.06. The van der Waals surface area contributed by atoms with E-state index in [-0.39, 0.29) is 12.5 Å². The van der Waals surface area contributed by atoms with Crippen molar-refractivity contribution in [2.45, 2.75) is 38.9 Å². The van der Waals surface area contributed by atoms with E-state index < -0.39 is 12.1 Å². The fraction of sp³-hybridized carbons (Fsp3) is 0.300. The molecule has 1 atom stereocenters. The fourth-order valence-corrected chi connectivity index (χ4v) is 2.92. The molecule has 25 heavy (non-hydrogen) atoms. The molecule has 130 valence electrons. The summed E-state index contributed by atoms with van der Waals surface area (Å²) in [4.78, 5) is 24.4. The Kier molecular flexibility index (Phi) is 5.14. The zero-order valence-electron chi connectivity index (χ0n) is 14.1. The molecule has 0 radical (unpaired) electrons. The van der Waals surface area contributed by atoms with Crippen molar-refractivity contribution >= 4 is 17.6 Å². The molecule has 2 aromatic carbocycles. The predicted octanol–water partition coefficient (Wildman–Crippen LogP) is 2.85. The van der Waals surface area contributed by atoms with Gasteiger partial charge in [0.25, 0.3) is 5.91 Å². The number of nitrogens with one attached hydrogen (secondary N) is 1. The zero-order valence-corrected chi connectivity index (χ0v) is 14.1. The molecule has 0 heterocycles. The monoisotopic (exact) mass is 339 g/mol. The van der Waals surface area contributed by atoms with Crippen molar-refractivity contribution in [1.29, 1.82) is 0 Å². The van der Waals surface area contributed by atoms with E-state index in [1.54, 1.807) is 31.2 Å². The van der Waals surface area contributed by atoms with Crippen LogP contribution in [-0.2, 0) is 29.0 Å². The van der Waals surface area contributed by atoms with Crippen LogP contribution in [0.3, 0.4) is 0 Å². The van der Waals surface area contributed by atoms with E-state index in [1.165, 1.54) is 11.1 Å². The number of carbonyl (C=O) groups is 2. The molecule has 1 aliphatic rings. The molecule has 1 aliphatic carbocycles. The van der Waals surface area contributed by atoms with Gasteiger partial charge in [-0.05, 0) is 67.1 Å². The summed E-state index contributed by atoms with van der Waals surface area (Å²) in [5.41, 5.74) is 4.38. The van der Waals surface area contributed by atoms with Crippen molar-refractivity contribution in [3.8, 4) is 0 Å². The maximum atomic E-state index is 12.3. The van der Waals surface area contributed by atoms with Gasteiger partial charge in [-0.15, -0.1) is 0 Å². The lowest BCUT2D eigenvalue weighted by Crippen LogP contribution is -2.30. The summed E-state index contributed by atoms with van der Waals surface area (Å²) in [6.07, 6.45) is 2.37. The lowest BCUT2D eigenvalue weighted by Gasteiger charge is -2.14. The first kappa shape index (κ1) is 17.2. The van der Waals surface area contributed by atoms with Crippen LogP contribution in [0.4, 0.5) is 5.69 Å². The summed E-state index contributed by atoms with van der Waals surface area (Å²) in [6, 6.07) is 12.3. The summed E-state index contributed by atoms with van der Waals surface area (Å²) < 4.78 is 5.22. The molecule has 1 amide bonds. The molecule has 3 rings (SSSR count). The number of ether oxygens (including phenoxy) is 1. The van der Waals surface area contributed by atoms with Crippen molar-refractivity contribution in [1.82, 2.24) is 0 Å². The highest BCUT2D eigenvalue weighted by Crippen LogP contribution is 2.25. The van der Waals surface area contributed by atoms with Crippen molar-refractivity contribution in [2.75, 3.05) is 5.32 Å². The lowest BCUT2D eigenvalue weighted by molar-refractivity contribution is -0.123. The van der Waals surface area contributed by atoms with Crippen LogP contribution in [0.1, 0.15) is 40.4 Å². The molecule has 0 unspecified atom stereocenters. The maximum Gasteiger partial charge on any atom is 0.338 e. The van der Waals surface area contributed by atoms with Gasteiger partial charge >= 0.3 is 5.97 Å². The fourth-order valence-electron chi connectivity index (χ4n) is 2.92. The van der Waals surface area contributed by atoms with Gasteiger partial charge in [0.05, 0.1) is 12.2 Å². The van der Waals surface area contributed by atoms with Gasteiger partial charge in [-0.1, -0.05) is 18.2 Å². The number of aliphatic hydroxyl groups excluding tert-OH is 1. The predicted molar refractivity (Wildman–Crippen MR) is 94.3 cm³/mol. The van der Waals surface area contributed by atoms with Crippen molar-refractivity contribution in [3.63, 3.8) is 0 Å². The Hall–Kier alpha value is -2.66. The minimum absolute atomic E-state index is 0.0884. The number of hydrogen-bond donors (Lipinski definition) is 2. The highest BCUT2D eigenvalue weighted by molar-refractivity contribution is 5.97. The molecule has 0 fully saturated rings. The molecule has 0 saturated heterocycles. The number of rotatable bonds is 5. The van der Waals surface area contributed by atoms with Crippen LogP contribution < -0.4 is 5.32 Å². The lowest BCUT2D eigenvalue weighted by atomic mass is 10.1. The Labute approximate surface area is 146 Å². The summed E-state index contributed by atoms with van der Waals surface area (Å²) >= 11 is 0. The van der Waals surface area contributed by atoms with E-state index in [1.807, 2.05) is 18.2 Å². The first-order valence-corrected chi connectivity index (χ1v) is 8.40. The van der Waals surface area contributed by atoms with E-state index in [2.05, 4.69) is 5.32 Å². The quantitative estimate of drug-likeness (QED) is 0.822. The van der Waals surface area contributed by atoms with E-state index in [0.29, 0.717) is 11.1 Å². The Morgan fingerprint density at radius 3 is 2.56 bits per heavy atom. The molecule has 0 saturated carbocycles. The van der Waals surface area contributed by atoms with E-state index in [0.717, 1.165) is 24.9 Å². The van der Waals surface area contributed by atoms with Gasteiger partial charge in [-0.3, -0.25) is 4.79 Å². The zero-order chi connectivity index (χ0) is 17.8. The summed E-state index contributed by atoms with van der Waals surface area (Å²) in [6.45, 7) is 1.46. The summed E-state index contributed by atoms with van der Waals surface area (Å²) in [5, 5.41) is 11.8. The van der Waals surface area contributed by atoms with Crippen LogP contribution in [0.5, 0.6) is 0 Å². The molecule has 2 N–H and O–H groups in total. The number of fused-ring (bicyclic) bond motifs is 1. The van der Waals surface area contributed by atoms with Gasteiger partial charge in [0.1, 0.15) is 0 Å². The molecule has 5 nitrogen and oxygen atoms in total. The topological polar surface area (TPSA) is 75.6 Å². The molecule has 0 spiro atoms. The second-order valence-corrected chi connectivity index (χ2v) is 6.23. The first-order chi connectivity index (χ1) is 12.1. The van der Waals surface area contributed by atoms with Crippen LogP contribution in [0.2, 0.25) is 0 Å². The Morgan fingerprint density at radius 2 is 1.84 bits per heavy atom. The van der Waals surface area contributed by atoms with Crippen LogP contribution in [0.15, 0.2) is 42.5 Å². The highest BCUT2D eigenvalue weighted by atomic mass is 16.5. The minimum Gasteiger partial charge on any atom is -0.449 e. The van der Waals surface area contributed by atoms with E-state index in [4.69, 9.17) is 9.84 Å². The van der Waals surface area contributed by atoms with Gasteiger partial charge in [-0.25, -0.2) is 4.79 Å². The van der Waals surface area contributed by atoms with Gasteiger partial charge in [0, 0.05) is 5.69 Å². The van der Waals surface area contributed by atoms with E-state index >= 15 is 0 Å². The molecule has 5 heteroatoms. The number of aliphatic hydroxyl groups is 1. The van der Waals surface area contributed by atoms with Gasteiger partial charge < -0.3 is 15.2 Å². The van der Waals surface area contributed by atoms with Crippen LogP contribution >= 0.6 is 0 Å².